The molecular weight excluding hydrogens is 371 g/mol. The van der Waals surface area contributed by atoms with Crippen LogP contribution < -0.4 is 4.74 Å². The van der Waals surface area contributed by atoms with Gasteiger partial charge in [0.2, 0.25) is 10.9 Å². The third-order valence-electron chi connectivity index (χ3n) is 3.36. The van der Waals surface area contributed by atoms with Gasteiger partial charge in [-0.1, -0.05) is 31.2 Å². The predicted octanol–water partition coefficient (Wildman–Crippen LogP) is 4.38. The highest BCUT2D eigenvalue weighted by molar-refractivity contribution is 7.12. The summed E-state index contributed by atoms with van der Waals surface area (Å²) >= 11 is 0.538. The van der Waals surface area contributed by atoms with E-state index in [0.717, 1.165) is 6.26 Å². The van der Waals surface area contributed by atoms with Crippen LogP contribution in [0.3, 0.4) is 0 Å². The molecule has 0 aliphatic rings. The van der Waals surface area contributed by atoms with Gasteiger partial charge in [-0.05, 0) is 17.5 Å². The summed E-state index contributed by atoms with van der Waals surface area (Å²) in [6.45, 7) is 1.58. The molecule has 0 saturated heterocycles. The zero-order valence-electron chi connectivity index (χ0n) is 14.0. The Bertz CT molecular complexity index is 815. The fraction of sp³-hybridized carbons (Fsp3) is 0.294. The Labute approximate surface area is 151 Å². The molecule has 26 heavy (non-hydrogen) atoms. The molecule has 0 fully saturated rings. The molecule has 0 aliphatic carbocycles. The van der Waals surface area contributed by atoms with Gasteiger partial charge in [-0.25, -0.2) is 4.79 Å². The van der Waals surface area contributed by atoms with Gasteiger partial charge in [0.25, 0.3) is 0 Å². The van der Waals surface area contributed by atoms with Crippen molar-refractivity contribution in [2.45, 2.75) is 26.1 Å². The molecule has 1 heterocycles. The number of aryl methyl sites for hydroxylation is 1. The van der Waals surface area contributed by atoms with Crippen LogP contribution in [0.2, 0.25) is 0 Å². The number of benzene rings is 1. The van der Waals surface area contributed by atoms with E-state index in [1.165, 1.54) is 7.11 Å². The summed E-state index contributed by atoms with van der Waals surface area (Å²) in [5.74, 6) is -1.28. The van der Waals surface area contributed by atoms with Gasteiger partial charge in [-0.15, -0.1) is 11.3 Å². The number of alkyl halides is 3. The molecular formula is C17H16F3NO4S. The molecule has 9 heteroatoms. The lowest BCUT2D eigenvalue weighted by Crippen LogP contribution is -2.07. The number of ether oxygens (including phenoxy) is 2. The molecule has 1 aromatic heterocycles. The molecule has 0 amide bonds. The minimum absolute atomic E-state index is 0.0864. The number of aromatic nitrogens is 1. The number of methoxy groups -OCH3 is 1. The molecule has 0 atom stereocenters. The van der Waals surface area contributed by atoms with Crippen molar-refractivity contribution < 1.29 is 32.5 Å². The SMILES string of the molecule is CCc1sc(C(F)(F)F)nc1OCc1ccccc1C(=COC)C(=O)O. The highest BCUT2D eigenvalue weighted by Crippen LogP contribution is 2.37. The first-order chi connectivity index (χ1) is 12.3. The number of aliphatic carboxylic acids is 1. The van der Waals surface area contributed by atoms with E-state index in [2.05, 4.69) is 4.98 Å². The molecule has 1 aromatic carbocycles. The van der Waals surface area contributed by atoms with Crippen molar-refractivity contribution in [3.8, 4) is 5.88 Å². The molecule has 2 aromatic rings. The van der Waals surface area contributed by atoms with Gasteiger partial charge in [-0.3, -0.25) is 0 Å². The molecule has 5 nitrogen and oxygen atoms in total. The van der Waals surface area contributed by atoms with Crippen molar-refractivity contribution in [2.24, 2.45) is 0 Å². The Morgan fingerprint density at radius 2 is 2.04 bits per heavy atom. The van der Waals surface area contributed by atoms with Gasteiger partial charge < -0.3 is 14.6 Å². The van der Waals surface area contributed by atoms with Crippen LogP contribution in [0, 0.1) is 0 Å². The van der Waals surface area contributed by atoms with E-state index in [0.29, 0.717) is 33.8 Å². The lowest BCUT2D eigenvalue weighted by atomic mass is 10.0. The standard InChI is InChI=1S/C17H16F3NO4S/c1-3-13-14(21-16(26-13)17(18,19)20)25-8-10-6-4-5-7-11(10)12(9-24-2)15(22)23/h4-7,9H,3,8H2,1-2H3,(H,22,23). The van der Waals surface area contributed by atoms with Crippen LogP contribution in [0.25, 0.3) is 5.57 Å². The van der Waals surface area contributed by atoms with Gasteiger partial charge in [0.05, 0.1) is 18.2 Å². The van der Waals surface area contributed by atoms with Crippen LogP contribution in [0.4, 0.5) is 13.2 Å². The minimum Gasteiger partial charge on any atom is -0.503 e. The maximum Gasteiger partial charge on any atom is 0.443 e. The monoisotopic (exact) mass is 387 g/mol. The number of carboxylic acids is 1. The Balaban J connectivity index is 2.30. The summed E-state index contributed by atoms with van der Waals surface area (Å²) < 4.78 is 48.8. The van der Waals surface area contributed by atoms with Crippen molar-refractivity contribution in [1.29, 1.82) is 0 Å². The van der Waals surface area contributed by atoms with E-state index in [9.17, 15) is 23.1 Å². The number of carboxylic acid groups (broad SMARTS) is 1. The molecule has 0 aliphatic heterocycles. The lowest BCUT2D eigenvalue weighted by molar-refractivity contribution is -0.137. The van der Waals surface area contributed by atoms with Crippen molar-refractivity contribution in [1.82, 2.24) is 4.98 Å². The number of carbonyl (C=O) groups is 1. The number of halogens is 3. The van der Waals surface area contributed by atoms with E-state index in [-0.39, 0.29) is 18.1 Å². The van der Waals surface area contributed by atoms with Crippen LogP contribution in [0.15, 0.2) is 30.5 Å². The number of thiazole rings is 1. The lowest BCUT2D eigenvalue weighted by Gasteiger charge is -2.11. The molecule has 0 bridgehead atoms. The van der Waals surface area contributed by atoms with Crippen LogP contribution in [-0.2, 0) is 28.7 Å². The van der Waals surface area contributed by atoms with E-state index in [1.807, 2.05) is 0 Å². The van der Waals surface area contributed by atoms with Gasteiger partial charge in [-0.2, -0.15) is 18.2 Å². The molecule has 0 unspecified atom stereocenters. The summed E-state index contributed by atoms with van der Waals surface area (Å²) in [6, 6.07) is 6.52. The Morgan fingerprint density at radius 1 is 1.35 bits per heavy atom. The van der Waals surface area contributed by atoms with Crippen molar-refractivity contribution >= 4 is 22.9 Å². The van der Waals surface area contributed by atoms with Crippen LogP contribution in [-0.4, -0.2) is 23.2 Å². The summed E-state index contributed by atoms with van der Waals surface area (Å²) in [6.07, 6.45) is -3.11. The maximum atomic E-state index is 12.8. The average molecular weight is 387 g/mol. The summed E-state index contributed by atoms with van der Waals surface area (Å²) in [5, 5.41) is 8.35. The van der Waals surface area contributed by atoms with Crippen molar-refractivity contribution in [3.63, 3.8) is 0 Å². The third kappa shape index (κ3) is 4.54. The number of rotatable bonds is 7. The van der Waals surface area contributed by atoms with Crippen LogP contribution in [0.1, 0.15) is 27.9 Å². The predicted molar refractivity (Wildman–Crippen MR) is 89.9 cm³/mol. The number of nitrogens with zero attached hydrogens (tertiary/aromatic N) is 1. The first-order valence-corrected chi connectivity index (χ1v) is 8.33. The number of hydrogen-bond acceptors (Lipinski definition) is 5. The third-order valence-corrected chi connectivity index (χ3v) is 4.59. The van der Waals surface area contributed by atoms with E-state index < -0.39 is 17.2 Å². The minimum atomic E-state index is -4.54. The summed E-state index contributed by atoms with van der Waals surface area (Å²) in [4.78, 5) is 15.3. The normalized spacial score (nSPS) is 12.1. The molecule has 140 valence electrons. The van der Waals surface area contributed by atoms with Gasteiger partial charge in [0, 0.05) is 0 Å². The van der Waals surface area contributed by atoms with Crippen molar-refractivity contribution in [3.05, 3.63) is 51.5 Å². The Hall–Kier alpha value is -2.55. The molecule has 0 spiro atoms. The molecule has 0 saturated carbocycles. The highest BCUT2D eigenvalue weighted by atomic mass is 32.1. The zero-order valence-corrected chi connectivity index (χ0v) is 14.8. The van der Waals surface area contributed by atoms with Crippen molar-refractivity contribution in [2.75, 3.05) is 7.11 Å². The Morgan fingerprint density at radius 3 is 2.62 bits per heavy atom. The van der Waals surface area contributed by atoms with E-state index >= 15 is 0 Å². The van der Waals surface area contributed by atoms with Crippen LogP contribution in [0.5, 0.6) is 5.88 Å². The molecule has 1 N–H and O–H groups in total. The average Bonchev–Trinajstić information content (AvgIpc) is 3.01. The maximum absolute atomic E-state index is 12.8. The van der Waals surface area contributed by atoms with Gasteiger partial charge >= 0.3 is 12.1 Å². The summed E-state index contributed by atoms with van der Waals surface area (Å²) in [7, 11) is 1.32. The topological polar surface area (TPSA) is 68.7 Å². The second-order valence-electron chi connectivity index (χ2n) is 5.12. The Kier molecular flexibility index (Phi) is 6.25. The highest BCUT2D eigenvalue weighted by Gasteiger charge is 2.36. The quantitative estimate of drug-likeness (QED) is 0.564. The fourth-order valence-corrected chi connectivity index (χ4v) is 3.01. The number of hydrogen-bond donors (Lipinski definition) is 1. The fourth-order valence-electron chi connectivity index (χ4n) is 2.20. The second-order valence-corrected chi connectivity index (χ2v) is 6.20. The van der Waals surface area contributed by atoms with Gasteiger partial charge in [0.1, 0.15) is 12.2 Å². The summed E-state index contributed by atoms with van der Waals surface area (Å²) in [5.41, 5.74) is 0.754. The first kappa shape index (κ1) is 19.8. The molecule has 2 rings (SSSR count). The van der Waals surface area contributed by atoms with Gasteiger partial charge in [0.15, 0.2) is 0 Å². The van der Waals surface area contributed by atoms with E-state index in [1.54, 1.807) is 31.2 Å². The zero-order chi connectivity index (χ0) is 19.3. The first-order valence-electron chi connectivity index (χ1n) is 7.52. The van der Waals surface area contributed by atoms with E-state index in [4.69, 9.17) is 9.47 Å². The second kappa shape index (κ2) is 8.22. The smallest absolute Gasteiger partial charge is 0.443 e. The molecule has 0 radical (unpaired) electrons. The van der Waals surface area contributed by atoms with Crippen LogP contribution >= 0.6 is 11.3 Å². The largest absolute Gasteiger partial charge is 0.503 e.